The zero-order chi connectivity index (χ0) is 18.1. The quantitative estimate of drug-likeness (QED) is 0.544. The van der Waals surface area contributed by atoms with Gasteiger partial charge < -0.3 is 15.8 Å². The fourth-order valence-corrected chi connectivity index (χ4v) is 1.82. The molecule has 0 aliphatic carbocycles. The average molecular weight is 340 g/mol. The zero-order valence-electron chi connectivity index (χ0n) is 13.1. The molecule has 0 fully saturated rings. The van der Waals surface area contributed by atoms with Gasteiger partial charge in [0.15, 0.2) is 0 Å². The number of hydrogen-bond donors (Lipinski definition) is 2. The van der Waals surface area contributed by atoms with E-state index in [-0.39, 0.29) is 25.0 Å². The van der Waals surface area contributed by atoms with Gasteiger partial charge in [-0.1, -0.05) is 12.1 Å². The van der Waals surface area contributed by atoms with Crippen molar-refractivity contribution in [3.8, 4) is 0 Å². The molecule has 0 heterocycles. The third-order valence-corrected chi connectivity index (χ3v) is 2.96. The minimum Gasteiger partial charge on any atom is -0.463 e. The summed E-state index contributed by atoms with van der Waals surface area (Å²) in [4.78, 5) is 34.3. The summed E-state index contributed by atoms with van der Waals surface area (Å²) in [5.41, 5.74) is 5.16. The minimum atomic E-state index is -1.06. The van der Waals surface area contributed by atoms with E-state index in [4.69, 9.17) is 5.73 Å². The predicted octanol–water partition coefficient (Wildman–Crippen LogP) is 0.987. The number of esters is 1. The zero-order valence-corrected chi connectivity index (χ0v) is 13.1. The van der Waals surface area contributed by atoms with E-state index < -0.39 is 35.5 Å². The monoisotopic (exact) mass is 340 g/mol. The highest BCUT2D eigenvalue weighted by atomic mass is 19.1. The number of benzene rings is 1. The Hall–Kier alpha value is -2.77. The van der Waals surface area contributed by atoms with Gasteiger partial charge in [-0.2, -0.15) is 0 Å². The standard InChI is InChI=1S/C16H18F2N2O4/c1-2-24-15(22)5-3-4-13(16(19)23)20-14(21)8-10-6-7-11(17)9-12(10)18/h3,5-7,9,13H,2,4,8H2,1H3,(H2,19,23)(H,20,21)/b5-3+/t13-/m0/s1. The third kappa shape index (κ3) is 6.55. The average Bonchev–Trinajstić information content (AvgIpc) is 2.49. The number of ether oxygens (including phenoxy) is 1. The van der Waals surface area contributed by atoms with E-state index in [2.05, 4.69) is 10.1 Å². The van der Waals surface area contributed by atoms with E-state index in [0.29, 0.717) is 6.07 Å². The summed E-state index contributed by atoms with van der Waals surface area (Å²) in [6.45, 7) is 1.86. The van der Waals surface area contributed by atoms with Crippen LogP contribution in [0.4, 0.5) is 8.78 Å². The first kappa shape index (κ1) is 19.3. The van der Waals surface area contributed by atoms with E-state index in [0.717, 1.165) is 18.2 Å². The van der Waals surface area contributed by atoms with E-state index in [1.807, 2.05) is 0 Å². The van der Waals surface area contributed by atoms with E-state index in [1.165, 1.54) is 6.08 Å². The van der Waals surface area contributed by atoms with Crippen LogP contribution in [0.3, 0.4) is 0 Å². The fraction of sp³-hybridized carbons (Fsp3) is 0.312. The maximum atomic E-state index is 13.5. The highest BCUT2D eigenvalue weighted by Crippen LogP contribution is 2.10. The molecule has 3 N–H and O–H groups in total. The lowest BCUT2D eigenvalue weighted by molar-refractivity contribution is -0.137. The fourth-order valence-electron chi connectivity index (χ4n) is 1.82. The van der Waals surface area contributed by atoms with Crippen molar-refractivity contribution in [3.63, 3.8) is 0 Å². The van der Waals surface area contributed by atoms with Gasteiger partial charge in [0.05, 0.1) is 13.0 Å². The molecule has 24 heavy (non-hydrogen) atoms. The van der Waals surface area contributed by atoms with Gasteiger partial charge in [-0.3, -0.25) is 9.59 Å². The second-order valence-corrected chi connectivity index (χ2v) is 4.83. The number of nitrogens with two attached hydrogens (primary N) is 1. The van der Waals surface area contributed by atoms with Crippen LogP contribution in [0.1, 0.15) is 18.9 Å². The first-order chi connectivity index (χ1) is 11.3. The number of carbonyl (C=O) groups excluding carboxylic acids is 3. The SMILES string of the molecule is CCOC(=O)/C=C/C[C@H](NC(=O)Cc1ccc(F)cc1F)C(N)=O. The van der Waals surface area contributed by atoms with Crippen molar-refractivity contribution in [1.82, 2.24) is 5.32 Å². The maximum Gasteiger partial charge on any atom is 0.330 e. The van der Waals surface area contributed by atoms with Crippen molar-refractivity contribution in [2.24, 2.45) is 5.73 Å². The van der Waals surface area contributed by atoms with Crippen molar-refractivity contribution >= 4 is 17.8 Å². The molecule has 0 unspecified atom stereocenters. The highest BCUT2D eigenvalue weighted by molar-refractivity contribution is 5.88. The number of primary amides is 1. The molecular formula is C16H18F2N2O4. The number of rotatable bonds is 8. The Bertz CT molecular complexity index is 647. The van der Waals surface area contributed by atoms with Crippen LogP contribution >= 0.6 is 0 Å². The van der Waals surface area contributed by atoms with Gasteiger partial charge in [-0.25, -0.2) is 13.6 Å². The Morgan fingerprint density at radius 2 is 2.04 bits per heavy atom. The van der Waals surface area contributed by atoms with Gasteiger partial charge in [0.25, 0.3) is 0 Å². The van der Waals surface area contributed by atoms with Crippen molar-refractivity contribution in [1.29, 1.82) is 0 Å². The first-order valence-corrected chi connectivity index (χ1v) is 7.19. The summed E-state index contributed by atoms with van der Waals surface area (Å²) < 4.78 is 31.0. The van der Waals surface area contributed by atoms with Gasteiger partial charge in [-0.05, 0) is 25.0 Å². The van der Waals surface area contributed by atoms with Crippen molar-refractivity contribution in [2.75, 3.05) is 6.61 Å². The molecule has 0 aliphatic rings. The Labute approximate surface area is 137 Å². The smallest absolute Gasteiger partial charge is 0.330 e. The van der Waals surface area contributed by atoms with Gasteiger partial charge in [0, 0.05) is 12.1 Å². The molecule has 1 rings (SSSR count). The van der Waals surface area contributed by atoms with Crippen LogP contribution in [0.2, 0.25) is 0 Å². The number of hydrogen-bond acceptors (Lipinski definition) is 4. The first-order valence-electron chi connectivity index (χ1n) is 7.19. The van der Waals surface area contributed by atoms with Crippen LogP contribution in [0.15, 0.2) is 30.4 Å². The second-order valence-electron chi connectivity index (χ2n) is 4.83. The molecule has 0 aromatic heterocycles. The van der Waals surface area contributed by atoms with E-state index >= 15 is 0 Å². The molecular weight excluding hydrogens is 322 g/mol. The summed E-state index contributed by atoms with van der Waals surface area (Å²) >= 11 is 0. The largest absolute Gasteiger partial charge is 0.463 e. The normalized spacial score (nSPS) is 12.0. The Balaban J connectivity index is 2.62. The van der Waals surface area contributed by atoms with Crippen LogP contribution in [0.5, 0.6) is 0 Å². The minimum absolute atomic E-state index is 0.0146. The predicted molar refractivity (Wildman–Crippen MR) is 81.6 cm³/mol. The van der Waals surface area contributed by atoms with Crippen molar-refractivity contribution < 1.29 is 27.9 Å². The van der Waals surface area contributed by atoms with E-state index in [1.54, 1.807) is 6.92 Å². The van der Waals surface area contributed by atoms with Crippen molar-refractivity contribution in [3.05, 3.63) is 47.5 Å². The topological polar surface area (TPSA) is 98.5 Å². The molecule has 0 bridgehead atoms. The number of nitrogens with one attached hydrogen (secondary N) is 1. The second kappa shape index (κ2) is 9.39. The van der Waals surface area contributed by atoms with Crippen LogP contribution in [-0.4, -0.2) is 30.4 Å². The molecule has 2 amide bonds. The lowest BCUT2D eigenvalue weighted by atomic mass is 10.1. The molecule has 1 aromatic rings. The summed E-state index contributed by atoms with van der Waals surface area (Å²) in [6.07, 6.45) is 2.06. The molecule has 8 heteroatoms. The van der Waals surface area contributed by atoms with Gasteiger partial charge in [0.1, 0.15) is 17.7 Å². The molecule has 1 atom stereocenters. The molecule has 1 aromatic carbocycles. The molecule has 0 saturated carbocycles. The van der Waals surface area contributed by atoms with Crippen LogP contribution < -0.4 is 11.1 Å². The summed E-state index contributed by atoms with van der Waals surface area (Å²) in [5, 5.41) is 2.34. The Morgan fingerprint density at radius 3 is 2.62 bits per heavy atom. The highest BCUT2D eigenvalue weighted by Gasteiger charge is 2.18. The van der Waals surface area contributed by atoms with Crippen LogP contribution in [0, 0.1) is 11.6 Å². The Morgan fingerprint density at radius 1 is 1.33 bits per heavy atom. The molecule has 130 valence electrons. The maximum absolute atomic E-state index is 13.5. The number of amides is 2. The lowest BCUT2D eigenvalue weighted by Crippen LogP contribution is -2.44. The van der Waals surface area contributed by atoms with Gasteiger partial charge >= 0.3 is 5.97 Å². The summed E-state index contributed by atoms with van der Waals surface area (Å²) in [5.74, 6) is -3.66. The molecule has 0 saturated heterocycles. The summed E-state index contributed by atoms with van der Waals surface area (Å²) in [6, 6.07) is 1.77. The Kier molecular flexibility index (Phi) is 7.54. The number of halogens is 2. The van der Waals surface area contributed by atoms with Crippen molar-refractivity contribution in [2.45, 2.75) is 25.8 Å². The van der Waals surface area contributed by atoms with Crippen LogP contribution in [0.25, 0.3) is 0 Å². The molecule has 0 spiro atoms. The lowest BCUT2D eigenvalue weighted by Gasteiger charge is -2.13. The molecule has 0 radical (unpaired) electrons. The summed E-state index contributed by atoms with van der Waals surface area (Å²) in [7, 11) is 0. The van der Waals surface area contributed by atoms with Crippen LogP contribution in [-0.2, 0) is 25.5 Å². The van der Waals surface area contributed by atoms with Gasteiger partial charge in [0.2, 0.25) is 11.8 Å². The molecule has 6 nitrogen and oxygen atoms in total. The molecule has 0 aliphatic heterocycles. The third-order valence-electron chi connectivity index (χ3n) is 2.96. The van der Waals surface area contributed by atoms with E-state index in [9.17, 15) is 23.2 Å². The van der Waals surface area contributed by atoms with Gasteiger partial charge in [-0.15, -0.1) is 0 Å². The number of carbonyl (C=O) groups is 3.